The molecule has 1 fully saturated rings. The second-order valence-electron chi connectivity index (χ2n) is 4.59. The van der Waals surface area contributed by atoms with Gasteiger partial charge >= 0.3 is 6.09 Å². The second kappa shape index (κ2) is 5.15. The largest absolute Gasteiger partial charge is 0.465 e. The molecule has 20 heavy (non-hydrogen) atoms. The predicted molar refractivity (Wildman–Crippen MR) is 79.3 cm³/mol. The number of nitrogens with zero attached hydrogens (tertiary/aromatic N) is 1. The summed E-state index contributed by atoms with van der Waals surface area (Å²) >= 11 is 1.61. The maximum atomic E-state index is 11.5. The zero-order valence-electron chi connectivity index (χ0n) is 10.7. The number of amides is 1. The minimum atomic E-state index is -1.01. The van der Waals surface area contributed by atoms with Gasteiger partial charge in [-0.3, -0.25) is 4.90 Å². The number of nitrogens with two attached hydrogens (primary N) is 1. The molecule has 0 radical (unpaired) electrons. The van der Waals surface area contributed by atoms with E-state index in [4.69, 9.17) is 10.5 Å². The van der Waals surface area contributed by atoms with E-state index >= 15 is 0 Å². The molecule has 0 unspecified atom stereocenters. The molecular weight excluding hydrogens is 276 g/mol. The van der Waals surface area contributed by atoms with Crippen molar-refractivity contribution < 1.29 is 14.6 Å². The molecule has 0 aliphatic carbocycles. The summed E-state index contributed by atoms with van der Waals surface area (Å²) in [5.41, 5.74) is 7.91. The molecule has 0 spiro atoms. The molecule has 0 bridgehead atoms. The smallest absolute Gasteiger partial charge is 0.412 e. The number of hydrogen-bond acceptors (Lipinski definition) is 4. The van der Waals surface area contributed by atoms with Gasteiger partial charge in [-0.1, -0.05) is 12.1 Å². The van der Waals surface area contributed by atoms with Gasteiger partial charge in [-0.05, 0) is 29.1 Å². The average molecular weight is 290 g/mol. The first kappa shape index (κ1) is 13.0. The highest BCUT2D eigenvalue weighted by Gasteiger charge is 2.32. The van der Waals surface area contributed by atoms with Gasteiger partial charge in [0, 0.05) is 4.88 Å². The summed E-state index contributed by atoms with van der Waals surface area (Å²) in [5.74, 6) is 0. The van der Waals surface area contributed by atoms with Crippen LogP contribution in [0.5, 0.6) is 0 Å². The Hall–Kier alpha value is -2.05. The molecule has 2 aromatic rings. The summed E-state index contributed by atoms with van der Waals surface area (Å²) in [6, 6.07) is 9.28. The van der Waals surface area contributed by atoms with Gasteiger partial charge in [-0.25, -0.2) is 4.79 Å². The van der Waals surface area contributed by atoms with Gasteiger partial charge in [-0.2, -0.15) is 0 Å². The predicted octanol–water partition coefficient (Wildman–Crippen LogP) is 2.88. The third-order valence-electron chi connectivity index (χ3n) is 3.29. The number of hydrogen-bond donors (Lipinski definition) is 2. The van der Waals surface area contributed by atoms with Gasteiger partial charge in [0.25, 0.3) is 0 Å². The highest BCUT2D eigenvalue weighted by Crippen LogP contribution is 2.34. The van der Waals surface area contributed by atoms with Crippen LogP contribution in [0, 0.1) is 0 Å². The SMILES string of the molecule is Nc1ccc(-c2cccs2)cc1N(C(=O)O)C1COC1. The summed E-state index contributed by atoms with van der Waals surface area (Å²) in [6.45, 7) is 0.823. The highest BCUT2D eigenvalue weighted by molar-refractivity contribution is 7.13. The lowest BCUT2D eigenvalue weighted by Crippen LogP contribution is -2.51. The third kappa shape index (κ3) is 2.23. The van der Waals surface area contributed by atoms with Crippen LogP contribution in [0.3, 0.4) is 0 Å². The molecule has 2 heterocycles. The lowest BCUT2D eigenvalue weighted by Gasteiger charge is -2.36. The van der Waals surface area contributed by atoms with E-state index in [1.807, 2.05) is 29.6 Å². The van der Waals surface area contributed by atoms with E-state index in [2.05, 4.69) is 0 Å². The molecule has 0 atom stereocenters. The van der Waals surface area contributed by atoms with Crippen molar-refractivity contribution in [2.45, 2.75) is 6.04 Å². The fourth-order valence-corrected chi connectivity index (χ4v) is 2.90. The zero-order chi connectivity index (χ0) is 14.1. The van der Waals surface area contributed by atoms with Crippen LogP contribution >= 0.6 is 11.3 Å². The normalized spacial score (nSPS) is 14.8. The molecule has 1 aliphatic rings. The molecule has 1 saturated heterocycles. The molecule has 104 valence electrons. The molecular formula is C14H14N2O3S. The van der Waals surface area contributed by atoms with Crippen molar-refractivity contribution in [1.29, 1.82) is 0 Å². The van der Waals surface area contributed by atoms with Crippen molar-refractivity contribution in [2.75, 3.05) is 23.8 Å². The van der Waals surface area contributed by atoms with Gasteiger partial charge in [0.15, 0.2) is 0 Å². The Morgan fingerprint density at radius 1 is 1.40 bits per heavy atom. The highest BCUT2D eigenvalue weighted by atomic mass is 32.1. The molecule has 6 heteroatoms. The standard InChI is InChI=1S/C14H14N2O3S/c15-11-4-3-9(13-2-1-5-20-13)6-12(11)16(14(17)18)10-7-19-8-10/h1-6,10H,7-8,15H2,(H,17,18). The van der Waals surface area contributed by atoms with Crippen LogP contribution in [0.2, 0.25) is 0 Å². The Morgan fingerprint density at radius 3 is 2.75 bits per heavy atom. The number of nitrogen functional groups attached to an aromatic ring is 1. The summed E-state index contributed by atoms with van der Waals surface area (Å²) in [6.07, 6.45) is -1.01. The van der Waals surface area contributed by atoms with E-state index < -0.39 is 6.09 Å². The number of carboxylic acid groups (broad SMARTS) is 1. The third-order valence-corrected chi connectivity index (χ3v) is 4.21. The van der Waals surface area contributed by atoms with E-state index in [1.165, 1.54) is 4.90 Å². The van der Waals surface area contributed by atoms with Crippen molar-refractivity contribution in [3.63, 3.8) is 0 Å². The minimum absolute atomic E-state index is 0.159. The van der Waals surface area contributed by atoms with Crippen molar-refractivity contribution in [2.24, 2.45) is 0 Å². The van der Waals surface area contributed by atoms with Crippen LogP contribution in [0.25, 0.3) is 10.4 Å². The first-order chi connectivity index (χ1) is 9.66. The topological polar surface area (TPSA) is 75.8 Å². The van der Waals surface area contributed by atoms with Gasteiger partial charge in [0.2, 0.25) is 0 Å². The van der Waals surface area contributed by atoms with E-state index in [-0.39, 0.29) is 6.04 Å². The first-order valence-corrected chi connectivity index (χ1v) is 7.08. The minimum Gasteiger partial charge on any atom is -0.465 e. The van der Waals surface area contributed by atoms with Crippen molar-refractivity contribution in [3.05, 3.63) is 35.7 Å². The fraction of sp³-hybridized carbons (Fsp3) is 0.214. The lowest BCUT2D eigenvalue weighted by molar-refractivity contribution is 0.00902. The molecule has 5 nitrogen and oxygen atoms in total. The van der Waals surface area contributed by atoms with Gasteiger partial charge in [0.05, 0.1) is 30.6 Å². The van der Waals surface area contributed by atoms with Gasteiger partial charge in [-0.15, -0.1) is 11.3 Å². The van der Waals surface area contributed by atoms with Crippen LogP contribution in [-0.2, 0) is 4.74 Å². The average Bonchev–Trinajstić information content (AvgIpc) is 2.88. The van der Waals surface area contributed by atoms with Crippen molar-refractivity contribution in [3.8, 4) is 10.4 Å². The molecule has 1 aliphatic heterocycles. The van der Waals surface area contributed by atoms with Crippen LogP contribution in [-0.4, -0.2) is 30.5 Å². The van der Waals surface area contributed by atoms with Crippen LogP contribution in [0.1, 0.15) is 0 Å². The molecule has 3 rings (SSSR count). The number of carbonyl (C=O) groups is 1. The molecule has 1 aromatic heterocycles. The summed E-state index contributed by atoms with van der Waals surface area (Å²) in [7, 11) is 0. The quantitative estimate of drug-likeness (QED) is 0.852. The summed E-state index contributed by atoms with van der Waals surface area (Å²) in [4.78, 5) is 13.9. The van der Waals surface area contributed by atoms with E-state index in [9.17, 15) is 9.90 Å². The Balaban J connectivity index is 2.02. The van der Waals surface area contributed by atoms with Crippen molar-refractivity contribution >= 4 is 28.8 Å². The lowest BCUT2D eigenvalue weighted by atomic mass is 10.1. The van der Waals surface area contributed by atoms with Gasteiger partial charge in [0.1, 0.15) is 0 Å². The van der Waals surface area contributed by atoms with Crippen LogP contribution < -0.4 is 10.6 Å². The summed E-state index contributed by atoms with van der Waals surface area (Å²) < 4.78 is 5.09. The maximum Gasteiger partial charge on any atom is 0.412 e. The number of anilines is 2. The molecule has 1 aromatic carbocycles. The van der Waals surface area contributed by atoms with Gasteiger partial charge < -0.3 is 15.6 Å². The maximum absolute atomic E-state index is 11.5. The molecule has 3 N–H and O–H groups in total. The Morgan fingerprint density at radius 2 is 2.20 bits per heavy atom. The molecule has 0 saturated carbocycles. The zero-order valence-corrected chi connectivity index (χ0v) is 11.5. The Bertz CT molecular complexity index is 623. The van der Waals surface area contributed by atoms with E-state index in [1.54, 1.807) is 17.4 Å². The second-order valence-corrected chi connectivity index (χ2v) is 5.54. The first-order valence-electron chi connectivity index (χ1n) is 6.20. The van der Waals surface area contributed by atoms with Crippen LogP contribution in [0.15, 0.2) is 35.7 Å². The van der Waals surface area contributed by atoms with E-state index in [0.29, 0.717) is 24.6 Å². The summed E-state index contributed by atoms with van der Waals surface area (Å²) in [5, 5.41) is 11.4. The number of benzene rings is 1. The fourth-order valence-electron chi connectivity index (χ4n) is 2.18. The van der Waals surface area contributed by atoms with Crippen LogP contribution in [0.4, 0.5) is 16.2 Å². The Kier molecular flexibility index (Phi) is 3.33. The van der Waals surface area contributed by atoms with E-state index in [0.717, 1.165) is 10.4 Å². The monoisotopic (exact) mass is 290 g/mol. The van der Waals surface area contributed by atoms with Crippen molar-refractivity contribution in [1.82, 2.24) is 0 Å². The number of rotatable bonds is 3. The Labute approximate surface area is 120 Å². The molecule has 1 amide bonds. The number of ether oxygens (including phenoxy) is 1. The number of thiophene rings is 1.